The fourth-order valence-corrected chi connectivity index (χ4v) is 7.77. The van der Waals surface area contributed by atoms with Gasteiger partial charge in [0.2, 0.25) is 0 Å². The van der Waals surface area contributed by atoms with Gasteiger partial charge < -0.3 is 9.13 Å². The van der Waals surface area contributed by atoms with E-state index < -0.39 is 0 Å². The van der Waals surface area contributed by atoms with Crippen LogP contribution in [0.4, 0.5) is 0 Å². The third-order valence-electron chi connectivity index (χ3n) is 9.90. The van der Waals surface area contributed by atoms with Crippen LogP contribution in [0, 0.1) is 0 Å². The zero-order valence-electron chi connectivity index (χ0n) is 26.2. The minimum Gasteiger partial charge on any atom is -0.309 e. The van der Waals surface area contributed by atoms with Crippen molar-refractivity contribution in [3.63, 3.8) is 0 Å². The van der Waals surface area contributed by atoms with Crippen LogP contribution >= 0.6 is 0 Å². The fraction of sp³-hybridized carbons (Fsp3) is 0. The lowest BCUT2D eigenvalue weighted by molar-refractivity contribution is 1.18. The minimum atomic E-state index is 1.17. The van der Waals surface area contributed by atoms with Crippen LogP contribution in [0.15, 0.2) is 182 Å². The molecule has 2 nitrogen and oxygen atoms in total. The largest absolute Gasteiger partial charge is 0.309 e. The molecule has 2 heterocycles. The average molecular weight is 611 g/mol. The normalized spacial score (nSPS) is 11.8. The summed E-state index contributed by atoms with van der Waals surface area (Å²) in [5.74, 6) is 0. The van der Waals surface area contributed by atoms with Crippen molar-refractivity contribution in [2.75, 3.05) is 0 Å². The molecule has 0 fully saturated rings. The van der Waals surface area contributed by atoms with Crippen LogP contribution in [-0.4, -0.2) is 9.13 Å². The van der Waals surface area contributed by atoms with Gasteiger partial charge in [-0.2, -0.15) is 0 Å². The molecule has 0 bridgehead atoms. The minimum absolute atomic E-state index is 1.17. The topological polar surface area (TPSA) is 9.86 Å². The number of hydrogen-bond donors (Lipinski definition) is 0. The first-order valence-electron chi connectivity index (χ1n) is 16.5. The Hall–Kier alpha value is -6.38. The second-order valence-corrected chi connectivity index (χ2v) is 12.6. The number of fused-ring (bicyclic) bond motifs is 8. The standard InChI is InChI=1S/C46H30N2/c1-3-13-31(14-4-1)36-18-9-11-21-41(36)48-42-22-12-10-20-38(42)39-29-33(24-26-43(39)48)34-25-27-44-40(30-34)46-37-19-8-7-15-32(37)23-28-45(46)47(44)35-16-5-2-6-17-35/h1-30H. The van der Waals surface area contributed by atoms with Crippen LogP contribution in [0.5, 0.6) is 0 Å². The Balaban J connectivity index is 1.22. The Morgan fingerprint density at radius 2 is 0.896 bits per heavy atom. The van der Waals surface area contributed by atoms with Gasteiger partial charge in [0.1, 0.15) is 0 Å². The molecule has 0 atom stereocenters. The highest BCUT2D eigenvalue weighted by atomic mass is 15.0. The van der Waals surface area contributed by atoms with Gasteiger partial charge in [0.15, 0.2) is 0 Å². The Morgan fingerprint density at radius 3 is 1.71 bits per heavy atom. The zero-order chi connectivity index (χ0) is 31.6. The van der Waals surface area contributed by atoms with Crippen molar-refractivity contribution in [3.8, 4) is 33.6 Å². The molecule has 0 saturated heterocycles. The van der Waals surface area contributed by atoms with Gasteiger partial charge in [0.05, 0.1) is 27.8 Å². The molecule has 0 aliphatic heterocycles. The molecule has 48 heavy (non-hydrogen) atoms. The summed E-state index contributed by atoms with van der Waals surface area (Å²) >= 11 is 0. The molecule has 0 radical (unpaired) electrons. The lowest BCUT2D eigenvalue weighted by Gasteiger charge is -2.14. The van der Waals surface area contributed by atoms with E-state index in [4.69, 9.17) is 0 Å². The molecule has 0 saturated carbocycles. The highest BCUT2D eigenvalue weighted by Gasteiger charge is 2.18. The first-order valence-corrected chi connectivity index (χ1v) is 16.5. The van der Waals surface area contributed by atoms with Crippen molar-refractivity contribution in [1.29, 1.82) is 0 Å². The summed E-state index contributed by atoms with van der Waals surface area (Å²) in [6, 6.07) is 66.2. The predicted molar refractivity (Wildman–Crippen MR) is 203 cm³/mol. The second kappa shape index (κ2) is 10.6. The van der Waals surface area contributed by atoms with Crippen molar-refractivity contribution in [2.24, 2.45) is 0 Å². The number of rotatable bonds is 4. The summed E-state index contributed by atoms with van der Waals surface area (Å²) < 4.78 is 4.83. The third kappa shape index (κ3) is 4.00. The third-order valence-corrected chi connectivity index (χ3v) is 9.90. The monoisotopic (exact) mass is 610 g/mol. The smallest absolute Gasteiger partial charge is 0.0547 e. The highest BCUT2D eigenvalue weighted by Crippen LogP contribution is 2.41. The molecular weight excluding hydrogens is 581 g/mol. The maximum absolute atomic E-state index is 2.43. The number of benzene rings is 8. The van der Waals surface area contributed by atoms with Crippen LogP contribution in [0.1, 0.15) is 0 Å². The molecule has 0 spiro atoms. The van der Waals surface area contributed by atoms with E-state index in [9.17, 15) is 0 Å². The van der Waals surface area contributed by atoms with Crippen molar-refractivity contribution in [2.45, 2.75) is 0 Å². The molecule has 10 aromatic rings. The first-order chi connectivity index (χ1) is 23.8. The van der Waals surface area contributed by atoms with E-state index in [1.54, 1.807) is 0 Å². The highest BCUT2D eigenvalue weighted by molar-refractivity contribution is 6.22. The molecule has 0 N–H and O–H groups in total. The van der Waals surface area contributed by atoms with E-state index in [-0.39, 0.29) is 0 Å². The maximum atomic E-state index is 2.43. The van der Waals surface area contributed by atoms with E-state index in [0.717, 1.165) is 0 Å². The lowest BCUT2D eigenvalue weighted by Crippen LogP contribution is -1.97. The fourth-order valence-electron chi connectivity index (χ4n) is 7.77. The predicted octanol–water partition coefficient (Wildman–Crippen LogP) is 12.4. The second-order valence-electron chi connectivity index (χ2n) is 12.6. The first kappa shape index (κ1) is 26.8. The van der Waals surface area contributed by atoms with Crippen LogP contribution in [0.25, 0.3) is 88.0 Å². The SMILES string of the molecule is c1ccc(-c2ccccc2-n2c3ccccc3c3cc(-c4ccc5c(c4)c4c6ccccc6ccc4n5-c4ccccc4)ccc32)cc1. The van der Waals surface area contributed by atoms with Crippen molar-refractivity contribution >= 4 is 54.4 Å². The van der Waals surface area contributed by atoms with Crippen LogP contribution in [0.3, 0.4) is 0 Å². The molecule has 0 amide bonds. The summed E-state index contributed by atoms with van der Waals surface area (Å²) in [5, 5.41) is 7.61. The number of para-hydroxylation sites is 3. The molecular formula is C46H30N2. The van der Waals surface area contributed by atoms with E-state index in [1.165, 1.54) is 88.0 Å². The Kier molecular flexibility index (Phi) is 5.91. The van der Waals surface area contributed by atoms with Crippen LogP contribution in [0.2, 0.25) is 0 Å². The number of nitrogens with zero attached hydrogens (tertiary/aromatic N) is 2. The molecule has 2 heteroatoms. The average Bonchev–Trinajstić information content (AvgIpc) is 3.68. The summed E-state index contributed by atoms with van der Waals surface area (Å²) in [6.07, 6.45) is 0. The maximum Gasteiger partial charge on any atom is 0.0547 e. The summed E-state index contributed by atoms with van der Waals surface area (Å²) in [7, 11) is 0. The van der Waals surface area contributed by atoms with Crippen LogP contribution < -0.4 is 0 Å². The molecule has 0 aliphatic rings. The van der Waals surface area contributed by atoms with E-state index in [1.807, 2.05) is 0 Å². The molecule has 224 valence electrons. The molecule has 8 aromatic carbocycles. The van der Waals surface area contributed by atoms with Gasteiger partial charge in [-0.1, -0.05) is 127 Å². The quantitative estimate of drug-likeness (QED) is 0.188. The van der Waals surface area contributed by atoms with Crippen molar-refractivity contribution in [3.05, 3.63) is 182 Å². The summed E-state index contributed by atoms with van der Waals surface area (Å²) in [6.45, 7) is 0. The molecule has 0 unspecified atom stereocenters. The molecule has 0 aliphatic carbocycles. The van der Waals surface area contributed by atoms with Gasteiger partial charge in [-0.05, 0) is 82.1 Å². The van der Waals surface area contributed by atoms with Crippen molar-refractivity contribution < 1.29 is 0 Å². The van der Waals surface area contributed by atoms with Gasteiger partial charge in [-0.3, -0.25) is 0 Å². The van der Waals surface area contributed by atoms with Crippen LogP contribution in [-0.2, 0) is 0 Å². The number of hydrogen-bond acceptors (Lipinski definition) is 0. The Labute approximate surface area is 278 Å². The van der Waals surface area contributed by atoms with E-state index in [2.05, 4.69) is 191 Å². The Morgan fingerprint density at radius 1 is 0.312 bits per heavy atom. The van der Waals surface area contributed by atoms with Crippen molar-refractivity contribution in [1.82, 2.24) is 9.13 Å². The summed E-state index contributed by atoms with van der Waals surface area (Å²) in [4.78, 5) is 0. The Bertz CT molecular complexity index is 2820. The summed E-state index contributed by atoms with van der Waals surface area (Å²) in [5.41, 5.74) is 12.1. The van der Waals surface area contributed by atoms with E-state index in [0.29, 0.717) is 0 Å². The van der Waals surface area contributed by atoms with Gasteiger partial charge >= 0.3 is 0 Å². The van der Waals surface area contributed by atoms with Gasteiger partial charge in [0.25, 0.3) is 0 Å². The van der Waals surface area contributed by atoms with Gasteiger partial charge in [-0.25, -0.2) is 0 Å². The molecule has 10 rings (SSSR count). The molecule has 2 aromatic heterocycles. The zero-order valence-corrected chi connectivity index (χ0v) is 26.2. The van der Waals surface area contributed by atoms with Gasteiger partial charge in [0, 0.05) is 32.8 Å². The van der Waals surface area contributed by atoms with Gasteiger partial charge in [-0.15, -0.1) is 0 Å². The number of aromatic nitrogens is 2. The lowest BCUT2D eigenvalue weighted by atomic mass is 9.99. The van der Waals surface area contributed by atoms with E-state index >= 15 is 0 Å².